The van der Waals surface area contributed by atoms with Gasteiger partial charge in [0, 0.05) is 31.3 Å². The zero-order valence-electron chi connectivity index (χ0n) is 13.6. The van der Waals surface area contributed by atoms with Crippen LogP contribution in [0.2, 0.25) is 0 Å². The minimum atomic E-state index is -0.459. The van der Waals surface area contributed by atoms with Gasteiger partial charge in [0.05, 0.1) is 4.92 Å². The summed E-state index contributed by atoms with van der Waals surface area (Å²) in [6.45, 7) is 0. The lowest BCUT2D eigenvalue weighted by Gasteiger charge is -2.32. The number of benzene rings is 1. The van der Waals surface area contributed by atoms with Crippen molar-refractivity contribution in [2.24, 2.45) is 0 Å². The van der Waals surface area contributed by atoms with Gasteiger partial charge in [-0.15, -0.1) is 0 Å². The van der Waals surface area contributed by atoms with Gasteiger partial charge in [-0.1, -0.05) is 19.3 Å². The van der Waals surface area contributed by atoms with Crippen molar-refractivity contribution in [3.8, 4) is 0 Å². The van der Waals surface area contributed by atoms with E-state index < -0.39 is 4.92 Å². The summed E-state index contributed by atoms with van der Waals surface area (Å²) in [6, 6.07) is 6.38. The van der Waals surface area contributed by atoms with E-state index in [9.17, 15) is 14.9 Å². The summed E-state index contributed by atoms with van der Waals surface area (Å²) in [7, 11) is 1.92. The molecule has 2 rings (SSSR count). The molecule has 1 aromatic rings. The lowest BCUT2D eigenvalue weighted by atomic mass is 9.95. The van der Waals surface area contributed by atoms with Crippen molar-refractivity contribution >= 4 is 35.0 Å². The molecule has 1 N–H and O–H groups in total. The number of non-ortho nitro benzene ring substituents is 1. The Morgan fingerprint density at radius 3 is 2.50 bits per heavy atom. The van der Waals surface area contributed by atoms with Crippen molar-refractivity contribution in [2.75, 3.05) is 7.05 Å². The summed E-state index contributed by atoms with van der Waals surface area (Å²) < 4.78 is 0. The molecular formula is C17H21N3O3S. The average molecular weight is 347 g/mol. The molecule has 1 aromatic carbocycles. The maximum Gasteiger partial charge on any atom is 0.269 e. The Balaban J connectivity index is 1.87. The Morgan fingerprint density at radius 1 is 1.29 bits per heavy atom. The second-order valence-electron chi connectivity index (χ2n) is 5.88. The van der Waals surface area contributed by atoms with E-state index >= 15 is 0 Å². The van der Waals surface area contributed by atoms with Crippen molar-refractivity contribution in [1.29, 1.82) is 0 Å². The minimum Gasteiger partial charge on any atom is -0.349 e. The van der Waals surface area contributed by atoms with Gasteiger partial charge in [0.1, 0.15) is 0 Å². The van der Waals surface area contributed by atoms with Crippen LogP contribution in [0.25, 0.3) is 6.08 Å². The summed E-state index contributed by atoms with van der Waals surface area (Å²) in [5, 5.41) is 13.7. The number of carbonyl (C=O) groups excluding carboxylic acids is 1. The second-order valence-corrected chi connectivity index (χ2v) is 6.27. The molecule has 1 amide bonds. The fourth-order valence-electron chi connectivity index (χ4n) is 2.75. The van der Waals surface area contributed by atoms with Crippen LogP contribution in [0, 0.1) is 10.1 Å². The van der Waals surface area contributed by atoms with Crippen LogP contribution < -0.4 is 5.32 Å². The third-order valence-corrected chi connectivity index (χ3v) is 4.59. The molecule has 0 aromatic heterocycles. The monoisotopic (exact) mass is 347 g/mol. The smallest absolute Gasteiger partial charge is 0.269 e. The second kappa shape index (κ2) is 8.54. The summed E-state index contributed by atoms with van der Waals surface area (Å²) in [5.41, 5.74) is 0.731. The SMILES string of the molecule is CN(C(=S)NC(=O)/C=C/c1ccc([N+](=O)[O-])cc1)C1CCCCC1. The van der Waals surface area contributed by atoms with Gasteiger partial charge in [0.25, 0.3) is 5.69 Å². The van der Waals surface area contributed by atoms with E-state index in [0.29, 0.717) is 16.7 Å². The Kier molecular flexibility index (Phi) is 6.43. The molecule has 0 unspecified atom stereocenters. The maximum absolute atomic E-state index is 12.0. The van der Waals surface area contributed by atoms with Gasteiger partial charge in [-0.25, -0.2) is 0 Å². The minimum absolute atomic E-state index is 0.0203. The predicted molar refractivity (Wildman–Crippen MR) is 97.5 cm³/mol. The zero-order chi connectivity index (χ0) is 17.5. The number of hydrogen-bond acceptors (Lipinski definition) is 4. The lowest BCUT2D eigenvalue weighted by Crippen LogP contribution is -2.45. The highest BCUT2D eigenvalue weighted by Crippen LogP contribution is 2.21. The summed E-state index contributed by atoms with van der Waals surface area (Å²) in [6.07, 6.45) is 8.85. The van der Waals surface area contributed by atoms with Crippen LogP contribution in [0.4, 0.5) is 5.69 Å². The van der Waals surface area contributed by atoms with Gasteiger partial charge in [-0.3, -0.25) is 20.2 Å². The predicted octanol–water partition coefficient (Wildman–Crippen LogP) is 3.27. The normalized spacial score (nSPS) is 15.2. The third kappa shape index (κ3) is 5.13. The van der Waals surface area contributed by atoms with E-state index in [4.69, 9.17) is 12.2 Å². The number of nitrogens with one attached hydrogen (secondary N) is 1. The molecule has 128 valence electrons. The fourth-order valence-corrected chi connectivity index (χ4v) is 3.00. The topological polar surface area (TPSA) is 75.5 Å². The molecule has 6 nitrogen and oxygen atoms in total. The largest absolute Gasteiger partial charge is 0.349 e. The number of nitrogens with zero attached hydrogens (tertiary/aromatic N) is 2. The molecule has 0 aliphatic heterocycles. The molecule has 7 heteroatoms. The van der Waals surface area contributed by atoms with Gasteiger partial charge in [0.15, 0.2) is 5.11 Å². The van der Waals surface area contributed by atoms with Gasteiger partial charge in [-0.2, -0.15) is 0 Å². The molecule has 1 fully saturated rings. The highest BCUT2D eigenvalue weighted by molar-refractivity contribution is 7.80. The molecule has 24 heavy (non-hydrogen) atoms. The molecule has 0 spiro atoms. The molecular weight excluding hydrogens is 326 g/mol. The van der Waals surface area contributed by atoms with E-state index in [1.54, 1.807) is 18.2 Å². The van der Waals surface area contributed by atoms with E-state index in [1.165, 1.54) is 37.5 Å². The summed E-state index contributed by atoms with van der Waals surface area (Å²) in [4.78, 5) is 24.1. The highest BCUT2D eigenvalue weighted by atomic mass is 32.1. The van der Waals surface area contributed by atoms with E-state index in [-0.39, 0.29) is 11.6 Å². The highest BCUT2D eigenvalue weighted by Gasteiger charge is 2.20. The van der Waals surface area contributed by atoms with Crippen LogP contribution in [0.5, 0.6) is 0 Å². The number of amides is 1. The summed E-state index contributed by atoms with van der Waals surface area (Å²) in [5.74, 6) is -0.305. The maximum atomic E-state index is 12.0. The number of nitro benzene ring substituents is 1. The van der Waals surface area contributed by atoms with E-state index in [0.717, 1.165) is 12.8 Å². The van der Waals surface area contributed by atoms with Crippen molar-refractivity contribution in [3.05, 3.63) is 46.0 Å². The lowest BCUT2D eigenvalue weighted by molar-refractivity contribution is -0.384. The number of hydrogen-bond donors (Lipinski definition) is 1. The van der Waals surface area contributed by atoms with Gasteiger partial charge < -0.3 is 4.90 Å². The van der Waals surface area contributed by atoms with Crippen molar-refractivity contribution < 1.29 is 9.72 Å². The van der Waals surface area contributed by atoms with E-state index in [2.05, 4.69) is 5.32 Å². The first-order chi connectivity index (χ1) is 11.5. The van der Waals surface area contributed by atoms with Gasteiger partial charge in [0.2, 0.25) is 5.91 Å². The van der Waals surface area contributed by atoms with Crippen molar-refractivity contribution in [3.63, 3.8) is 0 Å². The standard InChI is InChI=1S/C17H21N3O3S/c1-19(14-5-3-2-4-6-14)17(24)18-16(21)12-9-13-7-10-15(11-8-13)20(22)23/h7-12,14H,2-6H2,1H3,(H,18,21,24)/b12-9+. The number of carbonyl (C=O) groups is 1. The number of nitro groups is 1. The van der Waals surface area contributed by atoms with Crippen LogP contribution in [-0.4, -0.2) is 33.9 Å². The van der Waals surface area contributed by atoms with E-state index in [1.807, 2.05) is 11.9 Å². The summed E-state index contributed by atoms with van der Waals surface area (Å²) >= 11 is 5.30. The fraction of sp³-hybridized carbons (Fsp3) is 0.412. The van der Waals surface area contributed by atoms with Gasteiger partial charge in [-0.05, 0) is 48.8 Å². The molecule has 0 heterocycles. The van der Waals surface area contributed by atoms with Crippen LogP contribution >= 0.6 is 12.2 Å². The molecule has 0 bridgehead atoms. The van der Waals surface area contributed by atoms with Gasteiger partial charge >= 0.3 is 0 Å². The zero-order valence-corrected chi connectivity index (χ0v) is 14.4. The quantitative estimate of drug-likeness (QED) is 0.391. The molecule has 0 atom stereocenters. The number of rotatable bonds is 4. The first-order valence-corrected chi connectivity index (χ1v) is 8.38. The van der Waals surface area contributed by atoms with Crippen LogP contribution in [0.15, 0.2) is 30.3 Å². The number of thiocarbonyl (C=S) groups is 1. The first kappa shape index (κ1) is 18.1. The third-order valence-electron chi connectivity index (χ3n) is 4.20. The molecule has 1 aliphatic carbocycles. The average Bonchev–Trinajstić information content (AvgIpc) is 2.60. The Bertz CT molecular complexity index is 637. The van der Waals surface area contributed by atoms with Crippen molar-refractivity contribution in [2.45, 2.75) is 38.1 Å². The molecule has 1 saturated carbocycles. The van der Waals surface area contributed by atoms with Crippen LogP contribution in [-0.2, 0) is 4.79 Å². The first-order valence-electron chi connectivity index (χ1n) is 7.97. The molecule has 1 aliphatic rings. The van der Waals surface area contributed by atoms with Crippen molar-refractivity contribution in [1.82, 2.24) is 10.2 Å². The van der Waals surface area contributed by atoms with Crippen LogP contribution in [0.3, 0.4) is 0 Å². The molecule has 0 radical (unpaired) electrons. The van der Waals surface area contributed by atoms with Crippen LogP contribution in [0.1, 0.15) is 37.7 Å². The molecule has 0 saturated heterocycles. The Hall–Kier alpha value is -2.28. The Labute approximate surface area is 146 Å². The Morgan fingerprint density at radius 2 is 1.92 bits per heavy atom.